The molecule has 0 aliphatic carbocycles. The number of nitrogens with zero attached hydrogens (tertiary/aromatic N) is 3. The van der Waals surface area contributed by atoms with Gasteiger partial charge in [0.05, 0.1) is 11.6 Å². The number of hydrogen-bond acceptors (Lipinski definition) is 6. The van der Waals surface area contributed by atoms with Crippen LogP contribution in [0.3, 0.4) is 0 Å². The van der Waals surface area contributed by atoms with E-state index in [0.717, 1.165) is 6.42 Å². The Labute approximate surface area is 132 Å². The number of hydrogen-bond donors (Lipinski definition) is 1. The van der Waals surface area contributed by atoms with E-state index in [2.05, 4.69) is 20.3 Å². The van der Waals surface area contributed by atoms with Gasteiger partial charge in [0, 0.05) is 12.1 Å². The lowest BCUT2D eigenvalue weighted by Crippen LogP contribution is -2.06. The SMILES string of the molecule is CCCOc1nc(NC)nc(Oc2ccc(Cl)cc2Cl)n1. The first-order valence-corrected chi connectivity index (χ1v) is 7.07. The first kappa shape index (κ1) is 15.6. The van der Waals surface area contributed by atoms with Crippen molar-refractivity contribution in [3.63, 3.8) is 0 Å². The third-order valence-electron chi connectivity index (χ3n) is 2.35. The van der Waals surface area contributed by atoms with Gasteiger partial charge in [-0.3, -0.25) is 0 Å². The Balaban J connectivity index is 2.25. The molecule has 0 aliphatic heterocycles. The number of rotatable bonds is 6. The van der Waals surface area contributed by atoms with Crippen molar-refractivity contribution in [3.05, 3.63) is 28.2 Å². The monoisotopic (exact) mass is 328 g/mol. The number of ether oxygens (including phenoxy) is 2. The van der Waals surface area contributed by atoms with Crippen LogP contribution in [0.2, 0.25) is 10.0 Å². The highest BCUT2D eigenvalue weighted by molar-refractivity contribution is 6.35. The highest BCUT2D eigenvalue weighted by atomic mass is 35.5. The molecule has 0 fully saturated rings. The van der Waals surface area contributed by atoms with Gasteiger partial charge in [0.15, 0.2) is 0 Å². The van der Waals surface area contributed by atoms with Crippen molar-refractivity contribution in [2.45, 2.75) is 13.3 Å². The van der Waals surface area contributed by atoms with Crippen molar-refractivity contribution >= 4 is 29.2 Å². The molecule has 0 saturated carbocycles. The molecule has 2 aromatic rings. The van der Waals surface area contributed by atoms with Crippen LogP contribution in [0.15, 0.2) is 18.2 Å². The van der Waals surface area contributed by atoms with Crippen LogP contribution in [0.5, 0.6) is 17.8 Å². The molecule has 0 atom stereocenters. The summed E-state index contributed by atoms with van der Waals surface area (Å²) < 4.78 is 10.9. The number of nitrogens with one attached hydrogen (secondary N) is 1. The van der Waals surface area contributed by atoms with Crippen LogP contribution >= 0.6 is 23.2 Å². The zero-order valence-electron chi connectivity index (χ0n) is 11.6. The van der Waals surface area contributed by atoms with E-state index in [1.807, 2.05) is 6.92 Å². The second kappa shape index (κ2) is 7.28. The minimum atomic E-state index is 0.0877. The molecule has 6 nitrogen and oxygen atoms in total. The smallest absolute Gasteiger partial charge is 0.330 e. The molecule has 0 amide bonds. The van der Waals surface area contributed by atoms with E-state index in [9.17, 15) is 0 Å². The van der Waals surface area contributed by atoms with Gasteiger partial charge in [-0.2, -0.15) is 9.97 Å². The maximum atomic E-state index is 6.05. The van der Waals surface area contributed by atoms with Gasteiger partial charge < -0.3 is 14.8 Å². The van der Waals surface area contributed by atoms with E-state index < -0.39 is 0 Å². The first-order valence-electron chi connectivity index (χ1n) is 6.32. The highest BCUT2D eigenvalue weighted by Crippen LogP contribution is 2.30. The summed E-state index contributed by atoms with van der Waals surface area (Å²) in [5.41, 5.74) is 0. The van der Waals surface area contributed by atoms with Crippen molar-refractivity contribution in [2.24, 2.45) is 0 Å². The minimum Gasteiger partial charge on any atom is -0.463 e. The Hall–Kier alpha value is -1.79. The van der Waals surface area contributed by atoms with Crippen molar-refractivity contribution in [2.75, 3.05) is 19.0 Å². The number of benzene rings is 1. The summed E-state index contributed by atoms with van der Waals surface area (Å²) in [6.45, 7) is 2.50. The fourth-order valence-electron chi connectivity index (χ4n) is 1.41. The predicted octanol–water partition coefficient (Wildman–Crippen LogP) is 3.80. The Morgan fingerprint density at radius 3 is 2.57 bits per heavy atom. The van der Waals surface area contributed by atoms with E-state index in [-0.39, 0.29) is 12.0 Å². The van der Waals surface area contributed by atoms with Crippen LogP contribution in [-0.2, 0) is 0 Å². The molecule has 1 aromatic carbocycles. The Morgan fingerprint density at radius 2 is 1.90 bits per heavy atom. The highest BCUT2D eigenvalue weighted by Gasteiger charge is 2.11. The molecule has 0 unspecified atom stereocenters. The second-order valence-corrected chi connectivity index (χ2v) is 4.84. The van der Waals surface area contributed by atoms with E-state index in [1.165, 1.54) is 0 Å². The largest absolute Gasteiger partial charge is 0.463 e. The predicted molar refractivity (Wildman–Crippen MR) is 81.7 cm³/mol. The molecule has 0 saturated heterocycles. The summed E-state index contributed by atoms with van der Waals surface area (Å²) in [5.74, 6) is 0.743. The number of anilines is 1. The van der Waals surface area contributed by atoms with Crippen LogP contribution in [0.4, 0.5) is 5.95 Å². The van der Waals surface area contributed by atoms with Gasteiger partial charge in [0.25, 0.3) is 0 Å². The Bertz CT molecular complexity index is 625. The molecular formula is C13H14Cl2N4O2. The lowest BCUT2D eigenvalue weighted by Gasteiger charge is -2.09. The molecule has 21 heavy (non-hydrogen) atoms. The van der Waals surface area contributed by atoms with Gasteiger partial charge in [-0.1, -0.05) is 30.1 Å². The molecular weight excluding hydrogens is 315 g/mol. The fraction of sp³-hybridized carbons (Fsp3) is 0.308. The van der Waals surface area contributed by atoms with E-state index in [4.69, 9.17) is 32.7 Å². The molecule has 0 spiro atoms. The quantitative estimate of drug-likeness (QED) is 0.869. The fourth-order valence-corrected chi connectivity index (χ4v) is 1.86. The topological polar surface area (TPSA) is 69.2 Å². The summed E-state index contributed by atoms with van der Waals surface area (Å²) >= 11 is 11.9. The summed E-state index contributed by atoms with van der Waals surface area (Å²) in [4.78, 5) is 12.2. The van der Waals surface area contributed by atoms with Gasteiger partial charge in [0.1, 0.15) is 5.75 Å². The molecule has 0 bridgehead atoms. The van der Waals surface area contributed by atoms with Crippen LogP contribution in [-0.4, -0.2) is 28.6 Å². The molecule has 1 heterocycles. The minimum absolute atomic E-state index is 0.0877. The summed E-state index contributed by atoms with van der Waals surface area (Å²) in [7, 11) is 1.69. The normalized spacial score (nSPS) is 10.3. The zero-order chi connectivity index (χ0) is 15.2. The van der Waals surface area contributed by atoms with E-state index in [0.29, 0.717) is 28.3 Å². The third kappa shape index (κ3) is 4.34. The molecule has 1 aromatic heterocycles. The maximum Gasteiger partial charge on any atom is 0.330 e. The van der Waals surface area contributed by atoms with Crippen LogP contribution < -0.4 is 14.8 Å². The lowest BCUT2D eigenvalue weighted by atomic mass is 10.3. The number of aromatic nitrogens is 3. The third-order valence-corrected chi connectivity index (χ3v) is 2.88. The average Bonchev–Trinajstić information content (AvgIpc) is 2.48. The van der Waals surface area contributed by atoms with E-state index in [1.54, 1.807) is 25.2 Å². The zero-order valence-corrected chi connectivity index (χ0v) is 13.1. The van der Waals surface area contributed by atoms with E-state index >= 15 is 0 Å². The average molecular weight is 329 g/mol. The maximum absolute atomic E-state index is 6.05. The van der Waals surface area contributed by atoms with Crippen molar-refractivity contribution < 1.29 is 9.47 Å². The van der Waals surface area contributed by atoms with Crippen molar-refractivity contribution in [1.82, 2.24) is 15.0 Å². The van der Waals surface area contributed by atoms with Crippen LogP contribution in [0.25, 0.3) is 0 Å². The van der Waals surface area contributed by atoms with Gasteiger partial charge in [0.2, 0.25) is 5.95 Å². The van der Waals surface area contributed by atoms with Gasteiger partial charge in [-0.05, 0) is 24.6 Å². The molecule has 0 radical (unpaired) electrons. The van der Waals surface area contributed by atoms with Gasteiger partial charge in [-0.25, -0.2) is 0 Å². The summed E-state index contributed by atoms with van der Waals surface area (Å²) in [6, 6.07) is 5.16. The van der Waals surface area contributed by atoms with Crippen LogP contribution in [0.1, 0.15) is 13.3 Å². The second-order valence-electron chi connectivity index (χ2n) is 4.00. The molecule has 8 heteroatoms. The summed E-state index contributed by atoms with van der Waals surface area (Å²) in [5, 5.41) is 3.70. The van der Waals surface area contributed by atoms with Crippen LogP contribution in [0, 0.1) is 0 Å². The molecule has 2 rings (SSSR count). The van der Waals surface area contributed by atoms with Gasteiger partial charge >= 0.3 is 12.0 Å². The summed E-state index contributed by atoms with van der Waals surface area (Å²) in [6.07, 6.45) is 0.847. The molecule has 112 valence electrons. The Kier molecular flexibility index (Phi) is 5.41. The van der Waals surface area contributed by atoms with Crippen molar-refractivity contribution in [1.29, 1.82) is 0 Å². The standard InChI is InChI=1S/C13H14Cl2N4O2/c1-3-6-20-12-17-11(16-2)18-13(19-12)21-10-5-4-8(14)7-9(10)15/h4-5,7H,3,6H2,1-2H3,(H,16,17,18,19). The lowest BCUT2D eigenvalue weighted by molar-refractivity contribution is 0.285. The van der Waals surface area contributed by atoms with Crippen molar-refractivity contribution in [3.8, 4) is 17.8 Å². The molecule has 1 N–H and O–H groups in total. The first-order chi connectivity index (χ1) is 10.1. The van der Waals surface area contributed by atoms with Gasteiger partial charge in [-0.15, -0.1) is 4.98 Å². The molecule has 0 aliphatic rings. The number of halogens is 2. The Morgan fingerprint density at radius 1 is 1.14 bits per heavy atom.